The SMILES string of the molecule is Cn1c(=O)n(C)c2cc(Cc3nnc(-c4ccccc4Cl)n3C3CC3)ccc21. The molecule has 1 saturated carbocycles. The maximum Gasteiger partial charge on any atom is 0.328 e. The molecule has 6 nitrogen and oxygen atoms in total. The molecule has 0 bridgehead atoms. The van der Waals surface area contributed by atoms with Gasteiger partial charge >= 0.3 is 5.69 Å². The van der Waals surface area contributed by atoms with Gasteiger partial charge in [0.1, 0.15) is 5.82 Å². The van der Waals surface area contributed by atoms with Crippen LogP contribution < -0.4 is 5.69 Å². The highest BCUT2D eigenvalue weighted by molar-refractivity contribution is 6.33. The molecule has 28 heavy (non-hydrogen) atoms. The minimum absolute atomic E-state index is 0.0192. The molecule has 4 aromatic rings. The molecule has 142 valence electrons. The van der Waals surface area contributed by atoms with Crippen molar-refractivity contribution in [1.82, 2.24) is 23.9 Å². The molecule has 1 fully saturated rings. The van der Waals surface area contributed by atoms with Crippen molar-refractivity contribution < 1.29 is 0 Å². The van der Waals surface area contributed by atoms with Crippen LogP contribution >= 0.6 is 11.6 Å². The van der Waals surface area contributed by atoms with E-state index in [0.717, 1.165) is 46.7 Å². The van der Waals surface area contributed by atoms with E-state index in [0.29, 0.717) is 17.5 Å². The monoisotopic (exact) mass is 393 g/mol. The number of imidazole rings is 1. The van der Waals surface area contributed by atoms with Gasteiger partial charge in [-0.25, -0.2) is 4.79 Å². The Morgan fingerprint density at radius 3 is 2.54 bits per heavy atom. The van der Waals surface area contributed by atoms with E-state index in [1.165, 1.54) is 0 Å². The maximum atomic E-state index is 12.2. The number of fused-ring (bicyclic) bond motifs is 1. The van der Waals surface area contributed by atoms with Crippen molar-refractivity contribution in [3.63, 3.8) is 0 Å². The smallest absolute Gasteiger partial charge is 0.308 e. The lowest BCUT2D eigenvalue weighted by molar-refractivity contribution is 0.701. The Kier molecular flexibility index (Phi) is 3.91. The highest BCUT2D eigenvalue weighted by atomic mass is 35.5. The van der Waals surface area contributed by atoms with Crippen LogP contribution in [0.5, 0.6) is 0 Å². The molecule has 0 amide bonds. The van der Waals surface area contributed by atoms with E-state index in [1.807, 2.05) is 30.3 Å². The van der Waals surface area contributed by atoms with Crippen LogP contribution in [0.25, 0.3) is 22.4 Å². The van der Waals surface area contributed by atoms with Gasteiger partial charge < -0.3 is 4.57 Å². The lowest BCUT2D eigenvalue weighted by Crippen LogP contribution is -2.19. The predicted molar refractivity (Wildman–Crippen MR) is 110 cm³/mol. The summed E-state index contributed by atoms with van der Waals surface area (Å²) in [5.41, 5.74) is 3.85. The zero-order valence-corrected chi connectivity index (χ0v) is 16.5. The van der Waals surface area contributed by atoms with Gasteiger partial charge in [0.15, 0.2) is 5.82 Å². The summed E-state index contributed by atoms with van der Waals surface area (Å²) < 4.78 is 5.58. The minimum atomic E-state index is -0.0192. The molecule has 0 N–H and O–H groups in total. The number of aromatic nitrogens is 5. The molecular weight excluding hydrogens is 374 g/mol. The Hall–Kier alpha value is -2.86. The third-order valence-electron chi connectivity index (χ3n) is 5.49. The number of rotatable bonds is 4. The van der Waals surface area contributed by atoms with E-state index in [9.17, 15) is 4.79 Å². The van der Waals surface area contributed by atoms with Gasteiger partial charge in [-0.15, -0.1) is 10.2 Å². The second kappa shape index (κ2) is 6.34. The average molecular weight is 394 g/mol. The van der Waals surface area contributed by atoms with E-state index in [4.69, 9.17) is 11.6 Å². The Labute approximate surface area is 167 Å². The summed E-state index contributed by atoms with van der Waals surface area (Å²) >= 11 is 6.41. The van der Waals surface area contributed by atoms with E-state index in [1.54, 1.807) is 23.2 Å². The zero-order valence-electron chi connectivity index (χ0n) is 15.8. The van der Waals surface area contributed by atoms with Gasteiger partial charge in [-0.2, -0.15) is 0 Å². The molecule has 7 heteroatoms. The molecular formula is C21H20ClN5O. The zero-order chi connectivity index (χ0) is 19.4. The van der Waals surface area contributed by atoms with Crippen LogP contribution in [0.4, 0.5) is 0 Å². The first kappa shape index (κ1) is 17.3. The van der Waals surface area contributed by atoms with E-state index in [-0.39, 0.29) is 5.69 Å². The fourth-order valence-corrected chi connectivity index (χ4v) is 4.05. The van der Waals surface area contributed by atoms with Crippen LogP contribution in [0.2, 0.25) is 5.02 Å². The molecule has 2 heterocycles. The lowest BCUT2D eigenvalue weighted by Gasteiger charge is -2.10. The standard InChI is InChI=1S/C21H20ClN5O/c1-25-17-10-7-13(11-18(17)26(2)21(25)28)12-19-23-24-20(27(19)14-8-9-14)15-5-3-4-6-16(15)22/h3-7,10-11,14H,8-9,12H2,1-2H3. The van der Waals surface area contributed by atoms with Crippen LogP contribution in [0.15, 0.2) is 47.3 Å². The van der Waals surface area contributed by atoms with Crippen molar-refractivity contribution in [2.45, 2.75) is 25.3 Å². The molecule has 0 saturated heterocycles. The largest absolute Gasteiger partial charge is 0.328 e. The lowest BCUT2D eigenvalue weighted by atomic mass is 10.1. The van der Waals surface area contributed by atoms with Crippen LogP contribution in [0.3, 0.4) is 0 Å². The fourth-order valence-electron chi connectivity index (χ4n) is 3.83. The fraction of sp³-hybridized carbons (Fsp3) is 0.286. The van der Waals surface area contributed by atoms with Gasteiger partial charge in [0.25, 0.3) is 0 Å². The quantitative estimate of drug-likeness (QED) is 0.531. The second-order valence-corrected chi connectivity index (χ2v) is 7.83. The topological polar surface area (TPSA) is 57.6 Å². The summed E-state index contributed by atoms with van der Waals surface area (Å²) in [4.78, 5) is 12.2. The van der Waals surface area contributed by atoms with Crippen LogP contribution in [0.1, 0.15) is 30.3 Å². The Morgan fingerprint density at radius 1 is 1.04 bits per heavy atom. The summed E-state index contributed by atoms with van der Waals surface area (Å²) in [6.07, 6.45) is 2.93. The van der Waals surface area contributed by atoms with Crippen LogP contribution in [-0.2, 0) is 20.5 Å². The number of benzene rings is 2. The molecule has 0 atom stereocenters. The molecule has 0 unspecified atom stereocenters. The summed E-state index contributed by atoms with van der Waals surface area (Å²) in [5, 5.41) is 9.65. The predicted octanol–water partition coefficient (Wildman–Crippen LogP) is 3.71. The van der Waals surface area contributed by atoms with Crippen molar-refractivity contribution in [3.05, 3.63) is 69.4 Å². The average Bonchev–Trinajstić information content (AvgIpc) is 3.42. The molecule has 0 radical (unpaired) electrons. The summed E-state index contributed by atoms with van der Waals surface area (Å²) in [5.74, 6) is 1.76. The van der Waals surface area contributed by atoms with Gasteiger partial charge in [-0.05, 0) is 42.7 Å². The molecule has 0 spiro atoms. The molecule has 0 aliphatic heterocycles. The van der Waals surface area contributed by atoms with Gasteiger partial charge in [0, 0.05) is 32.1 Å². The maximum absolute atomic E-state index is 12.2. The first-order valence-corrected chi connectivity index (χ1v) is 9.75. The molecule has 5 rings (SSSR count). The molecule has 1 aliphatic rings. The summed E-state index contributed by atoms with van der Waals surface area (Å²) in [6, 6.07) is 14.3. The van der Waals surface area contributed by atoms with Crippen LogP contribution in [0, 0.1) is 0 Å². The van der Waals surface area contributed by atoms with Crippen LogP contribution in [-0.4, -0.2) is 23.9 Å². The van der Waals surface area contributed by atoms with Crippen molar-refractivity contribution in [2.24, 2.45) is 14.1 Å². The van der Waals surface area contributed by atoms with Gasteiger partial charge in [0.05, 0.1) is 16.1 Å². The normalized spacial score (nSPS) is 14.1. The highest BCUT2D eigenvalue weighted by Gasteiger charge is 2.30. The molecule has 2 aromatic heterocycles. The van der Waals surface area contributed by atoms with Gasteiger partial charge in [-0.1, -0.05) is 29.8 Å². The molecule has 1 aliphatic carbocycles. The summed E-state index contributed by atoms with van der Waals surface area (Å²) in [6.45, 7) is 0. The Bertz CT molecular complexity index is 1260. The number of nitrogens with zero attached hydrogens (tertiary/aromatic N) is 5. The Balaban J connectivity index is 1.58. The first-order valence-electron chi connectivity index (χ1n) is 9.37. The molecule has 2 aromatic carbocycles. The Morgan fingerprint density at radius 2 is 1.79 bits per heavy atom. The number of hydrogen-bond acceptors (Lipinski definition) is 3. The van der Waals surface area contributed by atoms with Gasteiger partial charge in [0.2, 0.25) is 0 Å². The van der Waals surface area contributed by atoms with E-state index >= 15 is 0 Å². The van der Waals surface area contributed by atoms with Crippen molar-refractivity contribution >= 4 is 22.6 Å². The second-order valence-electron chi connectivity index (χ2n) is 7.42. The van der Waals surface area contributed by atoms with Crippen molar-refractivity contribution in [3.8, 4) is 11.4 Å². The minimum Gasteiger partial charge on any atom is -0.308 e. The number of aryl methyl sites for hydroxylation is 2. The van der Waals surface area contributed by atoms with Crippen molar-refractivity contribution in [1.29, 1.82) is 0 Å². The third kappa shape index (κ3) is 2.67. The highest BCUT2D eigenvalue weighted by Crippen LogP contribution is 2.40. The number of hydrogen-bond donors (Lipinski definition) is 0. The van der Waals surface area contributed by atoms with E-state index in [2.05, 4.69) is 26.9 Å². The number of halogens is 1. The van der Waals surface area contributed by atoms with Gasteiger partial charge in [-0.3, -0.25) is 9.13 Å². The van der Waals surface area contributed by atoms with Crippen molar-refractivity contribution in [2.75, 3.05) is 0 Å². The van der Waals surface area contributed by atoms with E-state index < -0.39 is 0 Å². The third-order valence-corrected chi connectivity index (χ3v) is 5.82. The first-order chi connectivity index (χ1) is 13.5. The summed E-state index contributed by atoms with van der Waals surface area (Å²) in [7, 11) is 3.60.